The van der Waals surface area contributed by atoms with Gasteiger partial charge in [-0.2, -0.15) is 0 Å². The molecular weight excluding hydrogens is 468 g/mol. The lowest BCUT2D eigenvalue weighted by molar-refractivity contribution is -0.134. The summed E-state index contributed by atoms with van der Waals surface area (Å²) in [7, 11) is 0. The minimum absolute atomic E-state index is 0.0420. The molecule has 0 bridgehead atoms. The molecular formula is C26H25F2N5O3. The SMILES string of the molecule is N[C@@H]1C[C@@]2(CN1C(=O)[C@H](CC1CC1)NC(=O)c1cc3c(F)ccc(F)c3[nH]1)C(=O)Nc1ccccc12. The number of fused-ring (bicyclic) bond motifs is 3. The molecule has 5 N–H and O–H groups in total. The first-order valence-corrected chi connectivity index (χ1v) is 12.0. The zero-order valence-corrected chi connectivity index (χ0v) is 19.3. The molecule has 10 heteroatoms. The molecule has 2 aromatic carbocycles. The van der Waals surface area contributed by atoms with Crippen molar-refractivity contribution in [1.82, 2.24) is 15.2 Å². The first kappa shape index (κ1) is 22.7. The largest absolute Gasteiger partial charge is 0.348 e. The summed E-state index contributed by atoms with van der Waals surface area (Å²) >= 11 is 0. The summed E-state index contributed by atoms with van der Waals surface area (Å²) in [6, 6.07) is 9.69. The van der Waals surface area contributed by atoms with E-state index in [2.05, 4.69) is 15.6 Å². The van der Waals surface area contributed by atoms with Crippen LogP contribution in [0.1, 0.15) is 41.7 Å². The van der Waals surface area contributed by atoms with Crippen molar-refractivity contribution in [1.29, 1.82) is 0 Å². The second-order valence-electron chi connectivity index (χ2n) is 10.0. The lowest BCUT2D eigenvalue weighted by Gasteiger charge is -2.28. The number of aromatic nitrogens is 1. The van der Waals surface area contributed by atoms with Gasteiger partial charge in [0.25, 0.3) is 5.91 Å². The number of nitrogens with zero attached hydrogens (tertiary/aromatic N) is 1. The van der Waals surface area contributed by atoms with Crippen molar-refractivity contribution in [3.05, 3.63) is 65.4 Å². The van der Waals surface area contributed by atoms with E-state index in [0.717, 1.165) is 30.5 Å². The molecule has 0 radical (unpaired) electrons. The third-order valence-electron chi connectivity index (χ3n) is 7.61. The van der Waals surface area contributed by atoms with Gasteiger partial charge in [0.05, 0.1) is 17.1 Å². The van der Waals surface area contributed by atoms with Crippen molar-refractivity contribution in [3.8, 4) is 0 Å². The molecule has 1 saturated carbocycles. The number of aromatic amines is 1. The van der Waals surface area contributed by atoms with Crippen LogP contribution in [0.3, 0.4) is 0 Å². The Morgan fingerprint density at radius 1 is 1.17 bits per heavy atom. The van der Waals surface area contributed by atoms with Crippen LogP contribution in [0.2, 0.25) is 0 Å². The molecule has 8 nitrogen and oxygen atoms in total. The normalized spacial score (nSPS) is 23.7. The van der Waals surface area contributed by atoms with Gasteiger partial charge in [0.2, 0.25) is 11.8 Å². The van der Waals surface area contributed by atoms with Crippen LogP contribution in [0.25, 0.3) is 10.9 Å². The van der Waals surface area contributed by atoms with Gasteiger partial charge in [-0.1, -0.05) is 31.0 Å². The van der Waals surface area contributed by atoms with Gasteiger partial charge in [0.15, 0.2) is 0 Å². The summed E-state index contributed by atoms with van der Waals surface area (Å²) < 4.78 is 28.2. The van der Waals surface area contributed by atoms with E-state index in [-0.39, 0.29) is 41.4 Å². The molecule has 1 saturated heterocycles. The van der Waals surface area contributed by atoms with E-state index >= 15 is 0 Å². The van der Waals surface area contributed by atoms with Crippen molar-refractivity contribution < 1.29 is 23.2 Å². The van der Waals surface area contributed by atoms with Gasteiger partial charge in [-0.15, -0.1) is 0 Å². The molecule has 1 aromatic heterocycles. The van der Waals surface area contributed by atoms with Crippen LogP contribution >= 0.6 is 0 Å². The van der Waals surface area contributed by atoms with Crippen LogP contribution in [0, 0.1) is 17.6 Å². The summed E-state index contributed by atoms with van der Waals surface area (Å²) in [6.07, 6.45) is 1.89. The molecule has 3 aliphatic rings. The highest BCUT2D eigenvalue weighted by Gasteiger charge is 2.55. The Morgan fingerprint density at radius 3 is 2.67 bits per heavy atom. The van der Waals surface area contributed by atoms with Crippen LogP contribution in [0.15, 0.2) is 42.5 Å². The summed E-state index contributed by atoms with van der Waals surface area (Å²) in [5, 5.41) is 5.60. The molecule has 3 aromatic rings. The summed E-state index contributed by atoms with van der Waals surface area (Å²) in [4.78, 5) is 43.8. The maximum atomic E-state index is 14.1. The molecule has 2 fully saturated rings. The molecule has 1 aliphatic carbocycles. The Morgan fingerprint density at radius 2 is 1.92 bits per heavy atom. The number of halogens is 2. The summed E-state index contributed by atoms with van der Waals surface area (Å²) in [6.45, 7) is 0.107. The third kappa shape index (κ3) is 3.55. The highest BCUT2D eigenvalue weighted by Crippen LogP contribution is 2.45. The Labute approximate surface area is 205 Å². The van der Waals surface area contributed by atoms with Crippen LogP contribution in [-0.4, -0.2) is 46.4 Å². The number of carbonyl (C=O) groups excluding carboxylic acids is 3. The molecule has 3 atom stereocenters. The van der Waals surface area contributed by atoms with Crippen molar-refractivity contribution in [2.45, 2.75) is 43.3 Å². The summed E-state index contributed by atoms with van der Waals surface area (Å²) in [5.74, 6) is -2.25. The number of amides is 3. The molecule has 3 heterocycles. The highest BCUT2D eigenvalue weighted by molar-refractivity contribution is 6.07. The van der Waals surface area contributed by atoms with E-state index in [4.69, 9.17) is 5.73 Å². The van der Waals surface area contributed by atoms with Gasteiger partial charge in [0.1, 0.15) is 23.4 Å². The van der Waals surface area contributed by atoms with Crippen molar-refractivity contribution in [3.63, 3.8) is 0 Å². The first-order valence-electron chi connectivity index (χ1n) is 12.0. The van der Waals surface area contributed by atoms with E-state index in [9.17, 15) is 23.2 Å². The van der Waals surface area contributed by atoms with Crippen molar-refractivity contribution >= 4 is 34.3 Å². The van der Waals surface area contributed by atoms with Crippen LogP contribution in [-0.2, 0) is 15.0 Å². The van der Waals surface area contributed by atoms with E-state index < -0.39 is 35.2 Å². The van der Waals surface area contributed by atoms with Gasteiger partial charge in [0, 0.05) is 24.0 Å². The van der Waals surface area contributed by atoms with Gasteiger partial charge in [-0.25, -0.2) is 8.78 Å². The Balaban J connectivity index is 1.26. The lowest BCUT2D eigenvalue weighted by atomic mass is 9.80. The highest BCUT2D eigenvalue weighted by atomic mass is 19.1. The molecule has 3 amide bonds. The van der Waals surface area contributed by atoms with Crippen LogP contribution in [0.4, 0.5) is 14.5 Å². The molecule has 6 rings (SSSR count). The third-order valence-corrected chi connectivity index (χ3v) is 7.61. The number of H-pyrrole nitrogens is 1. The number of nitrogens with one attached hydrogen (secondary N) is 3. The topological polar surface area (TPSA) is 120 Å². The first-order chi connectivity index (χ1) is 17.3. The van der Waals surface area contributed by atoms with Gasteiger partial charge in [-0.3, -0.25) is 14.4 Å². The number of hydrogen-bond donors (Lipinski definition) is 4. The Bertz CT molecular complexity index is 1380. The predicted octanol–water partition coefficient (Wildman–Crippen LogP) is 2.75. The summed E-state index contributed by atoms with van der Waals surface area (Å²) in [5.41, 5.74) is 6.81. The van der Waals surface area contributed by atoms with Crippen molar-refractivity contribution in [2.24, 2.45) is 11.7 Å². The fourth-order valence-electron chi connectivity index (χ4n) is 5.53. The van der Waals surface area contributed by atoms with E-state index in [1.165, 1.54) is 11.0 Å². The minimum atomic E-state index is -0.938. The standard InChI is InChI=1S/C26H25F2N5O3/c27-16-7-8-17(28)22-14(16)10-19(30-22)23(34)31-20(9-13-5-6-13)24(35)33-12-26(11-21(33)29)15-3-1-2-4-18(15)32-25(26)36/h1-4,7-8,10,13,20-21,30H,5-6,9,11-12,29H2,(H,31,34)(H,32,36)/t20-,21-,26-/m0/s1. The number of nitrogens with two attached hydrogens (primary N) is 1. The molecule has 0 unspecified atom stereocenters. The van der Waals surface area contributed by atoms with E-state index in [1.54, 1.807) is 0 Å². The smallest absolute Gasteiger partial charge is 0.268 e. The number of anilines is 1. The van der Waals surface area contributed by atoms with Gasteiger partial charge >= 0.3 is 0 Å². The molecule has 36 heavy (non-hydrogen) atoms. The fourth-order valence-corrected chi connectivity index (χ4v) is 5.53. The number of hydrogen-bond acceptors (Lipinski definition) is 4. The number of para-hydroxylation sites is 1. The lowest BCUT2D eigenvalue weighted by Crippen LogP contribution is -2.52. The Kier molecular flexibility index (Phi) is 5.11. The van der Waals surface area contributed by atoms with E-state index in [1.807, 2.05) is 24.3 Å². The monoisotopic (exact) mass is 493 g/mol. The molecule has 2 aliphatic heterocycles. The predicted molar refractivity (Wildman–Crippen MR) is 128 cm³/mol. The minimum Gasteiger partial charge on any atom is -0.348 e. The Hall–Kier alpha value is -3.79. The van der Waals surface area contributed by atoms with Crippen LogP contribution < -0.4 is 16.4 Å². The number of rotatable bonds is 5. The van der Waals surface area contributed by atoms with Gasteiger partial charge < -0.3 is 26.3 Å². The zero-order valence-electron chi connectivity index (χ0n) is 19.3. The molecule has 1 spiro atoms. The quantitative estimate of drug-likeness (QED) is 0.437. The van der Waals surface area contributed by atoms with E-state index in [0.29, 0.717) is 18.0 Å². The second kappa shape index (κ2) is 8.12. The number of carbonyl (C=O) groups is 3. The fraction of sp³-hybridized carbons (Fsp3) is 0.346. The number of likely N-dealkylation sites (tertiary alicyclic amines) is 1. The number of benzene rings is 2. The maximum absolute atomic E-state index is 14.1. The zero-order chi connectivity index (χ0) is 25.2. The average molecular weight is 494 g/mol. The maximum Gasteiger partial charge on any atom is 0.268 e. The van der Waals surface area contributed by atoms with Gasteiger partial charge in [-0.05, 0) is 42.2 Å². The van der Waals surface area contributed by atoms with Crippen LogP contribution in [0.5, 0.6) is 0 Å². The molecule has 186 valence electrons. The second-order valence-corrected chi connectivity index (χ2v) is 10.0. The average Bonchev–Trinajstić information content (AvgIpc) is 3.32. The van der Waals surface area contributed by atoms with Crippen molar-refractivity contribution in [2.75, 3.05) is 11.9 Å².